The second-order valence-corrected chi connectivity index (χ2v) is 4.14. The normalized spacial score (nSPS) is 11.4. The van der Waals surface area contributed by atoms with Gasteiger partial charge >= 0.3 is 6.03 Å². The molecule has 1 N–H and O–H groups in total. The van der Waals surface area contributed by atoms with E-state index < -0.39 is 0 Å². The molecule has 0 saturated heterocycles. The number of carbonyl (C=O) groups is 1. The third-order valence-electron chi connectivity index (χ3n) is 2.48. The van der Waals surface area contributed by atoms with Crippen LogP contribution in [0.5, 0.6) is 0 Å². The van der Waals surface area contributed by atoms with Gasteiger partial charge in [0.2, 0.25) is 0 Å². The van der Waals surface area contributed by atoms with Crippen molar-refractivity contribution in [2.24, 2.45) is 0 Å². The Bertz CT molecular complexity index is 442. The van der Waals surface area contributed by atoms with E-state index >= 15 is 0 Å². The number of rotatable bonds is 3. The number of anilines is 1. The highest BCUT2D eigenvalue weighted by molar-refractivity contribution is 6.33. The summed E-state index contributed by atoms with van der Waals surface area (Å²) in [5.41, 5.74) is 0.565. The van der Waals surface area contributed by atoms with Crippen LogP contribution < -0.4 is 5.32 Å². The molecule has 5 heteroatoms. The van der Waals surface area contributed by atoms with Crippen molar-refractivity contribution < 1.29 is 4.79 Å². The Kier molecular flexibility index (Phi) is 4.80. The van der Waals surface area contributed by atoms with Crippen molar-refractivity contribution >= 4 is 23.3 Å². The number of hydrogen-bond donors (Lipinski definition) is 1. The van der Waals surface area contributed by atoms with E-state index in [-0.39, 0.29) is 12.1 Å². The minimum atomic E-state index is -0.277. The van der Waals surface area contributed by atoms with Gasteiger partial charge in [-0.2, -0.15) is 5.26 Å². The molecule has 1 atom stereocenters. The molecule has 0 aromatic heterocycles. The Balaban J connectivity index is 2.67. The molecule has 0 spiro atoms. The zero-order valence-corrected chi connectivity index (χ0v) is 10.5. The number of para-hydroxylation sites is 1. The number of halogens is 1. The van der Waals surface area contributed by atoms with Crippen molar-refractivity contribution in [3.05, 3.63) is 29.3 Å². The van der Waals surface area contributed by atoms with Crippen LogP contribution in [0.3, 0.4) is 0 Å². The van der Waals surface area contributed by atoms with Crippen molar-refractivity contribution in [1.82, 2.24) is 4.90 Å². The van der Waals surface area contributed by atoms with E-state index in [1.165, 1.54) is 4.90 Å². The summed E-state index contributed by atoms with van der Waals surface area (Å²) in [5.74, 6) is 0. The smallest absolute Gasteiger partial charge is 0.321 e. The van der Waals surface area contributed by atoms with Crippen molar-refractivity contribution in [2.45, 2.75) is 19.4 Å². The Hall–Kier alpha value is -1.73. The van der Waals surface area contributed by atoms with Gasteiger partial charge in [0.15, 0.2) is 0 Å². The molecule has 17 heavy (non-hydrogen) atoms. The largest absolute Gasteiger partial charge is 0.324 e. The van der Waals surface area contributed by atoms with Crippen molar-refractivity contribution in [2.75, 3.05) is 12.4 Å². The van der Waals surface area contributed by atoms with Crippen molar-refractivity contribution in [3.8, 4) is 6.07 Å². The molecule has 0 fully saturated rings. The fourth-order valence-corrected chi connectivity index (χ4v) is 1.42. The molecule has 2 amide bonds. The number of hydrogen-bond acceptors (Lipinski definition) is 2. The summed E-state index contributed by atoms with van der Waals surface area (Å²) >= 11 is 5.93. The van der Waals surface area contributed by atoms with Crippen LogP contribution >= 0.6 is 11.6 Å². The molecule has 4 nitrogen and oxygen atoms in total. The summed E-state index contributed by atoms with van der Waals surface area (Å²) in [4.78, 5) is 13.3. The van der Waals surface area contributed by atoms with Gasteiger partial charge in [-0.25, -0.2) is 4.79 Å². The molecule has 90 valence electrons. The number of nitrogens with one attached hydrogen (secondary N) is 1. The predicted octanol–water partition coefficient (Wildman–Crippen LogP) is 3.11. The molecule has 0 aliphatic carbocycles. The Morgan fingerprint density at radius 1 is 1.59 bits per heavy atom. The van der Waals surface area contributed by atoms with E-state index in [1.54, 1.807) is 31.3 Å². The second kappa shape index (κ2) is 6.12. The highest BCUT2D eigenvalue weighted by atomic mass is 35.5. The number of urea groups is 1. The van der Waals surface area contributed by atoms with Gasteiger partial charge in [0.25, 0.3) is 0 Å². The lowest BCUT2D eigenvalue weighted by Gasteiger charge is -2.23. The van der Waals surface area contributed by atoms with E-state index in [2.05, 4.69) is 5.32 Å². The zero-order chi connectivity index (χ0) is 12.8. The van der Waals surface area contributed by atoms with Crippen molar-refractivity contribution in [1.29, 1.82) is 5.26 Å². The van der Waals surface area contributed by atoms with E-state index in [0.29, 0.717) is 17.1 Å². The minimum absolute atomic E-state index is 0.137. The van der Waals surface area contributed by atoms with Crippen LogP contribution in [-0.4, -0.2) is 24.0 Å². The van der Waals surface area contributed by atoms with Gasteiger partial charge in [0.1, 0.15) is 0 Å². The van der Waals surface area contributed by atoms with Crippen LogP contribution in [0.25, 0.3) is 0 Å². The molecule has 1 aromatic carbocycles. The molecule has 0 saturated carbocycles. The maximum Gasteiger partial charge on any atom is 0.321 e. The first-order valence-electron chi connectivity index (χ1n) is 5.21. The number of nitrogens with zero attached hydrogens (tertiary/aromatic N) is 2. The maximum absolute atomic E-state index is 11.8. The zero-order valence-electron chi connectivity index (χ0n) is 9.77. The molecule has 0 heterocycles. The summed E-state index contributed by atoms with van der Waals surface area (Å²) in [6.45, 7) is 1.81. The molecule has 1 aromatic rings. The topological polar surface area (TPSA) is 56.1 Å². The van der Waals surface area contributed by atoms with Crippen LogP contribution in [0.15, 0.2) is 24.3 Å². The standard InChI is InChI=1S/C12H14ClN3O/c1-9(7-8-14)16(2)12(17)15-11-6-4-3-5-10(11)13/h3-6,9H,7H2,1-2H3,(H,15,17). The van der Waals surface area contributed by atoms with E-state index in [0.717, 1.165) is 0 Å². The van der Waals surface area contributed by atoms with Gasteiger partial charge in [0, 0.05) is 13.1 Å². The molecule has 0 radical (unpaired) electrons. The van der Waals surface area contributed by atoms with E-state index in [1.807, 2.05) is 13.0 Å². The summed E-state index contributed by atoms with van der Waals surface area (Å²) in [5, 5.41) is 11.8. The van der Waals surface area contributed by atoms with Crippen molar-refractivity contribution in [3.63, 3.8) is 0 Å². The summed E-state index contributed by atoms with van der Waals surface area (Å²) < 4.78 is 0. The van der Waals surface area contributed by atoms with Gasteiger partial charge in [-0.15, -0.1) is 0 Å². The molecule has 1 unspecified atom stereocenters. The summed E-state index contributed by atoms with van der Waals surface area (Å²) in [6.07, 6.45) is 0.298. The SMILES string of the molecule is CC(CC#N)N(C)C(=O)Nc1ccccc1Cl. The second-order valence-electron chi connectivity index (χ2n) is 3.73. The number of benzene rings is 1. The average Bonchev–Trinajstić information content (AvgIpc) is 2.31. The Morgan fingerprint density at radius 3 is 2.82 bits per heavy atom. The van der Waals surface area contributed by atoms with Gasteiger partial charge < -0.3 is 10.2 Å². The fourth-order valence-electron chi connectivity index (χ4n) is 1.24. The van der Waals surface area contributed by atoms with Gasteiger partial charge in [-0.1, -0.05) is 23.7 Å². The first kappa shape index (κ1) is 13.3. The predicted molar refractivity (Wildman–Crippen MR) is 67.9 cm³/mol. The van der Waals surface area contributed by atoms with E-state index in [4.69, 9.17) is 16.9 Å². The number of amides is 2. The first-order valence-corrected chi connectivity index (χ1v) is 5.59. The molecule has 1 rings (SSSR count). The lowest BCUT2D eigenvalue weighted by atomic mass is 10.2. The molecular formula is C12H14ClN3O. The summed E-state index contributed by atoms with van der Waals surface area (Å²) in [7, 11) is 1.65. The minimum Gasteiger partial charge on any atom is -0.324 e. The highest BCUT2D eigenvalue weighted by Gasteiger charge is 2.15. The van der Waals surface area contributed by atoms with Crippen LogP contribution in [0, 0.1) is 11.3 Å². The fraction of sp³-hybridized carbons (Fsp3) is 0.333. The Labute approximate surface area is 106 Å². The molecule has 0 aliphatic heterocycles. The lowest BCUT2D eigenvalue weighted by Crippen LogP contribution is -2.38. The molecule has 0 aliphatic rings. The number of nitriles is 1. The highest BCUT2D eigenvalue weighted by Crippen LogP contribution is 2.20. The van der Waals surface area contributed by atoms with Crippen LogP contribution in [0.1, 0.15) is 13.3 Å². The van der Waals surface area contributed by atoms with E-state index in [9.17, 15) is 4.79 Å². The van der Waals surface area contributed by atoms with Gasteiger partial charge in [-0.3, -0.25) is 0 Å². The maximum atomic E-state index is 11.8. The third kappa shape index (κ3) is 3.65. The Morgan fingerprint density at radius 2 is 2.24 bits per heavy atom. The molecule has 0 bridgehead atoms. The number of carbonyl (C=O) groups excluding carboxylic acids is 1. The van der Waals surface area contributed by atoms with Crippen LogP contribution in [-0.2, 0) is 0 Å². The monoisotopic (exact) mass is 251 g/mol. The van der Waals surface area contributed by atoms with Gasteiger partial charge in [0.05, 0.1) is 23.2 Å². The quantitative estimate of drug-likeness (QED) is 0.897. The third-order valence-corrected chi connectivity index (χ3v) is 2.81. The first-order chi connectivity index (χ1) is 8.06. The van der Waals surface area contributed by atoms with Gasteiger partial charge in [-0.05, 0) is 19.1 Å². The summed E-state index contributed by atoms with van der Waals surface area (Å²) in [6, 6.07) is 8.63. The molecular weight excluding hydrogens is 238 g/mol. The van der Waals surface area contributed by atoms with Crippen LogP contribution in [0.2, 0.25) is 5.02 Å². The lowest BCUT2D eigenvalue weighted by molar-refractivity contribution is 0.208. The van der Waals surface area contributed by atoms with Crippen LogP contribution in [0.4, 0.5) is 10.5 Å². The average molecular weight is 252 g/mol.